The van der Waals surface area contributed by atoms with Gasteiger partial charge in [0.25, 0.3) is 5.91 Å². The minimum Gasteiger partial charge on any atom is -0.353 e. The van der Waals surface area contributed by atoms with Crippen molar-refractivity contribution in [3.63, 3.8) is 0 Å². The molecule has 0 atom stereocenters. The molecule has 0 saturated carbocycles. The largest absolute Gasteiger partial charge is 0.353 e. The van der Waals surface area contributed by atoms with E-state index in [1.54, 1.807) is 28.4 Å². The summed E-state index contributed by atoms with van der Waals surface area (Å²) < 4.78 is 17.6. The number of fused-ring (bicyclic) bond motifs is 2. The SMILES string of the molecule is Cc1cn2cc(NC(=O)c3cnc(N4CCNCC4)c4cn(C)nc34)cc(F)c2n1. The molecule has 4 aromatic heterocycles. The number of nitrogens with zero attached hydrogens (tertiary/aromatic N) is 6. The second-order valence-corrected chi connectivity index (χ2v) is 7.44. The number of carbonyl (C=O) groups excluding carboxylic acids is 1. The quantitative estimate of drug-likeness (QED) is 0.536. The number of imidazole rings is 1. The van der Waals surface area contributed by atoms with Gasteiger partial charge in [0.05, 0.1) is 22.3 Å². The summed E-state index contributed by atoms with van der Waals surface area (Å²) in [6.07, 6.45) is 6.75. The van der Waals surface area contributed by atoms with Gasteiger partial charge in [0.1, 0.15) is 11.3 Å². The summed E-state index contributed by atoms with van der Waals surface area (Å²) in [5.41, 5.74) is 2.16. The first-order valence-corrected chi connectivity index (χ1v) is 9.74. The van der Waals surface area contributed by atoms with Crippen LogP contribution in [-0.4, -0.2) is 56.2 Å². The minimum absolute atomic E-state index is 0.222. The van der Waals surface area contributed by atoms with E-state index in [-0.39, 0.29) is 5.65 Å². The topological polar surface area (TPSA) is 92.4 Å². The van der Waals surface area contributed by atoms with E-state index in [0.717, 1.165) is 37.4 Å². The standard InChI is InChI=1S/C20H21FN8O/c1-12-9-29-10-13(7-16(21)19(29)24-12)25-20(30)14-8-23-18(28-5-3-22-4-6-28)15-11-27(2)26-17(14)15/h7-11,22H,3-6H2,1-2H3,(H,25,30). The third kappa shape index (κ3) is 3.14. The number of pyridine rings is 2. The highest BCUT2D eigenvalue weighted by molar-refractivity contribution is 6.13. The minimum atomic E-state index is -0.504. The Bertz CT molecular complexity index is 1270. The van der Waals surface area contributed by atoms with Crippen molar-refractivity contribution in [2.45, 2.75) is 6.92 Å². The van der Waals surface area contributed by atoms with E-state index in [0.29, 0.717) is 22.5 Å². The number of aryl methyl sites for hydroxylation is 2. The van der Waals surface area contributed by atoms with Crippen LogP contribution >= 0.6 is 0 Å². The zero-order valence-corrected chi connectivity index (χ0v) is 16.7. The van der Waals surface area contributed by atoms with E-state index in [1.165, 1.54) is 12.3 Å². The van der Waals surface area contributed by atoms with Gasteiger partial charge >= 0.3 is 0 Å². The fraction of sp³-hybridized carbons (Fsp3) is 0.300. The van der Waals surface area contributed by atoms with Crippen molar-refractivity contribution < 1.29 is 9.18 Å². The maximum atomic E-state index is 14.4. The van der Waals surface area contributed by atoms with Gasteiger partial charge in [-0.2, -0.15) is 5.10 Å². The number of hydrogen-bond acceptors (Lipinski definition) is 6. The molecule has 5 heterocycles. The molecular formula is C20H21FN8O. The maximum absolute atomic E-state index is 14.4. The first-order chi connectivity index (χ1) is 14.5. The van der Waals surface area contributed by atoms with E-state index in [9.17, 15) is 9.18 Å². The van der Waals surface area contributed by atoms with Crippen LogP contribution in [0.5, 0.6) is 0 Å². The van der Waals surface area contributed by atoms with Gasteiger partial charge in [-0.25, -0.2) is 14.4 Å². The summed E-state index contributed by atoms with van der Waals surface area (Å²) in [4.78, 5) is 23.9. The van der Waals surface area contributed by atoms with E-state index in [2.05, 4.69) is 30.6 Å². The number of aromatic nitrogens is 5. The van der Waals surface area contributed by atoms with Crippen LogP contribution in [0.3, 0.4) is 0 Å². The average molecular weight is 408 g/mol. The van der Waals surface area contributed by atoms with Crippen LogP contribution in [0.15, 0.2) is 30.9 Å². The van der Waals surface area contributed by atoms with Crippen molar-refractivity contribution in [1.82, 2.24) is 29.5 Å². The van der Waals surface area contributed by atoms with Crippen LogP contribution in [0.1, 0.15) is 16.1 Å². The lowest BCUT2D eigenvalue weighted by atomic mass is 10.1. The van der Waals surface area contributed by atoms with Crippen molar-refractivity contribution in [3.8, 4) is 0 Å². The van der Waals surface area contributed by atoms with Gasteiger partial charge in [-0.05, 0) is 6.92 Å². The molecule has 30 heavy (non-hydrogen) atoms. The molecule has 1 saturated heterocycles. The fourth-order valence-electron chi connectivity index (χ4n) is 3.85. The normalized spacial score (nSPS) is 14.6. The molecule has 0 radical (unpaired) electrons. The zero-order valence-electron chi connectivity index (χ0n) is 16.7. The third-order valence-corrected chi connectivity index (χ3v) is 5.19. The number of nitrogens with one attached hydrogen (secondary N) is 2. The number of amides is 1. The Kier molecular flexibility index (Phi) is 4.35. The molecule has 1 amide bonds. The summed E-state index contributed by atoms with van der Waals surface area (Å²) in [6, 6.07) is 1.26. The van der Waals surface area contributed by atoms with Crippen molar-refractivity contribution in [3.05, 3.63) is 47.9 Å². The van der Waals surface area contributed by atoms with Crippen LogP contribution in [0.4, 0.5) is 15.9 Å². The lowest BCUT2D eigenvalue weighted by Crippen LogP contribution is -2.44. The smallest absolute Gasteiger partial charge is 0.259 e. The second kappa shape index (κ2) is 7.06. The van der Waals surface area contributed by atoms with E-state index in [4.69, 9.17) is 0 Å². The van der Waals surface area contributed by atoms with Crippen LogP contribution in [-0.2, 0) is 7.05 Å². The lowest BCUT2D eigenvalue weighted by molar-refractivity contribution is 0.102. The Morgan fingerprint density at radius 1 is 1.23 bits per heavy atom. The Hall–Kier alpha value is -3.53. The Labute approximate surface area is 171 Å². The van der Waals surface area contributed by atoms with Crippen molar-refractivity contribution in [1.29, 1.82) is 0 Å². The van der Waals surface area contributed by atoms with Crippen LogP contribution in [0, 0.1) is 12.7 Å². The average Bonchev–Trinajstić information content (AvgIpc) is 3.29. The number of rotatable bonds is 3. The molecular weight excluding hydrogens is 387 g/mol. The molecule has 9 nitrogen and oxygen atoms in total. The summed E-state index contributed by atoms with van der Waals surface area (Å²) in [7, 11) is 1.81. The molecule has 0 spiro atoms. The van der Waals surface area contributed by atoms with Crippen molar-refractivity contribution in [2.24, 2.45) is 7.05 Å². The van der Waals surface area contributed by atoms with Gasteiger partial charge in [0.2, 0.25) is 0 Å². The highest BCUT2D eigenvalue weighted by Crippen LogP contribution is 2.27. The first kappa shape index (κ1) is 18.5. The van der Waals surface area contributed by atoms with E-state index in [1.807, 2.05) is 13.2 Å². The summed E-state index contributed by atoms with van der Waals surface area (Å²) in [5.74, 6) is -0.0813. The molecule has 0 aliphatic carbocycles. The third-order valence-electron chi connectivity index (χ3n) is 5.19. The maximum Gasteiger partial charge on any atom is 0.259 e. The van der Waals surface area contributed by atoms with Gasteiger partial charge in [-0.15, -0.1) is 0 Å². The molecule has 0 unspecified atom stereocenters. The molecule has 5 rings (SSSR count). The molecule has 0 bridgehead atoms. The van der Waals surface area contributed by atoms with Gasteiger partial charge in [-0.1, -0.05) is 0 Å². The molecule has 0 aromatic carbocycles. The van der Waals surface area contributed by atoms with Crippen LogP contribution < -0.4 is 15.5 Å². The zero-order chi connectivity index (χ0) is 20.8. The second-order valence-electron chi connectivity index (χ2n) is 7.44. The Morgan fingerprint density at radius 2 is 2.03 bits per heavy atom. The molecule has 2 N–H and O–H groups in total. The van der Waals surface area contributed by atoms with Crippen molar-refractivity contribution in [2.75, 3.05) is 36.4 Å². The highest BCUT2D eigenvalue weighted by atomic mass is 19.1. The van der Waals surface area contributed by atoms with E-state index >= 15 is 0 Å². The molecule has 154 valence electrons. The Morgan fingerprint density at radius 3 is 2.83 bits per heavy atom. The summed E-state index contributed by atoms with van der Waals surface area (Å²) in [6.45, 7) is 5.23. The summed E-state index contributed by atoms with van der Waals surface area (Å²) in [5, 5.41) is 11.4. The van der Waals surface area contributed by atoms with Gasteiger partial charge < -0.3 is 19.9 Å². The molecule has 1 aliphatic rings. The molecule has 10 heteroatoms. The highest BCUT2D eigenvalue weighted by Gasteiger charge is 2.21. The van der Waals surface area contributed by atoms with Crippen LogP contribution in [0.25, 0.3) is 16.6 Å². The fourth-order valence-corrected chi connectivity index (χ4v) is 3.85. The lowest BCUT2D eigenvalue weighted by Gasteiger charge is -2.28. The predicted molar refractivity (Wildman–Crippen MR) is 111 cm³/mol. The molecule has 4 aromatic rings. The van der Waals surface area contributed by atoms with E-state index < -0.39 is 11.7 Å². The van der Waals surface area contributed by atoms with Crippen LogP contribution in [0.2, 0.25) is 0 Å². The number of carbonyl (C=O) groups is 1. The molecule has 1 fully saturated rings. The Balaban J connectivity index is 1.51. The number of anilines is 2. The number of hydrogen-bond donors (Lipinski definition) is 2. The van der Waals surface area contributed by atoms with Crippen molar-refractivity contribution >= 4 is 34.0 Å². The van der Waals surface area contributed by atoms with Gasteiger partial charge in [0.15, 0.2) is 11.5 Å². The molecule has 1 aliphatic heterocycles. The monoisotopic (exact) mass is 408 g/mol. The predicted octanol–water partition coefficient (Wildman–Crippen LogP) is 1.73. The first-order valence-electron chi connectivity index (χ1n) is 9.74. The summed E-state index contributed by atoms with van der Waals surface area (Å²) >= 11 is 0. The number of halogens is 1. The van der Waals surface area contributed by atoms with Gasteiger partial charge in [-0.3, -0.25) is 9.48 Å². The number of piperazine rings is 1. The van der Waals surface area contributed by atoms with Gasteiger partial charge in [0, 0.05) is 64.1 Å².